The maximum Gasteiger partial charge on any atom is 0.171 e. The van der Waals surface area contributed by atoms with Gasteiger partial charge in [0.2, 0.25) is 0 Å². The Kier molecular flexibility index (Phi) is 2.80. The first-order valence-electron chi connectivity index (χ1n) is 6.91. The van der Waals surface area contributed by atoms with Crippen molar-refractivity contribution in [1.29, 1.82) is 0 Å². The van der Waals surface area contributed by atoms with Gasteiger partial charge in [0.05, 0.1) is 11.1 Å². The molecule has 2 aromatic rings. The lowest BCUT2D eigenvalue weighted by Crippen LogP contribution is -2.33. The zero-order valence-electron chi connectivity index (χ0n) is 12.1. The Hall–Kier alpha value is -2.36. The lowest BCUT2D eigenvalue weighted by Gasteiger charge is -2.27. The van der Waals surface area contributed by atoms with Gasteiger partial charge in [0, 0.05) is 22.6 Å². The van der Waals surface area contributed by atoms with Crippen LogP contribution in [0.25, 0.3) is 10.8 Å². The topological polar surface area (TPSA) is 74.6 Å². The first-order valence-corrected chi connectivity index (χ1v) is 6.91. The molecule has 21 heavy (non-hydrogen) atoms. The van der Waals surface area contributed by atoms with Gasteiger partial charge in [-0.3, -0.25) is 9.59 Å². The number of rotatable bonds is 0. The van der Waals surface area contributed by atoms with Gasteiger partial charge in [0.15, 0.2) is 11.6 Å². The number of benzene rings is 2. The van der Waals surface area contributed by atoms with Crippen LogP contribution in [0.5, 0.6) is 11.5 Å². The zero-order chi connectivity index (χ0) is 15.5. The molecule has 0 spiro atoms. The molecule has 2 N–H and O–H groups in total. The fourth-order valence-corrected chi connectivity index (χ4v) is 2.96. The molecule has 2 atom stereocenters. The van der Waals surface area contributed by atoms with E-state index in [1.165, 1.54) is 0 Å². The number of fused-ring (bicyclic) bond motifs is 2. The number of hydrogen-bond acceptors (Lipinski definition) is 4. The van der Waals surface area contributed by atoms with E-state index in [0.717, 1.165) is 5.56 Å². The summed E-state index contributed by atoms with van der Waals surface area (Å²) in [7, 11) is 0. The van der Waals surface area contributed by atoms with Crippen molar-refractivity contribution in [3.05, 3.63) is 34.9 Å². The van der Waals surface area contributed by atoms with Crippen LogP contribution in [-0.2, 0) is 0 Å². The smallest absolute Gasteiger partial charge is 0.171 e. The Balaban J connectivity index is 2.50. The van der Waals surface area contributed by atoms with Crippen LogP contribution in [0.15, 0.2) is 18.2 Å². The molecule has 0 fully saturated rings. The third-order valence-corrected chi connectivity index (χ3v) is 4.48. The molecule has 0 saturated carbocycles. The molecular weight excluding hydrogens is 268 g/mol. The molecule has 0 bridgehead atoms. The highest BCUT2D eigenvalue weighted by molar-refractivity contribution is 6.22. The molecule has 3 rings (SSSR count). The standard InChI is InChI=1S/C17H16O4/c1-7-4-5-10-11(6-7)17(21)13-12(16(10)20)14(18)8(2)9(3)15(13)19/h4-6,8-9,20-21H,1-3H3. The summed E-state index contributed by atoms with van der Waals surface area (Å²) >= 11 is 0. The summed E-state index contributed by atoms with van der Waals surface area (Å²) in [6, 6.07) is 5.14. The van der Waals surface area contributed by atoms with E-state index in [4.69, 9.17) is 0 Å². The van der Waals surface area contributed by atoms with Crippen LogP contribution in [0, 0.1) is 18.8 Å². The van der Waals surface area contributed by atoms with Crippen LogP contribution in [0.1, 0.15) is 40.1 Å². The maximum absolute atomic E-state index is 12.5. The number of carbonyl (C=O) groups excluding carboxylic acids is 2. The van der Waals surface area contributed by atoms with Crippen molar-refractivity contribution < 1.29 is 19.8 Å². The summed E-state index contributed by atoms with van der Waals surface area (Å²) in [5.74, 6) is -2.02. The molecule has 4 heteroatoms. The van der Waals surface area contributed by atoms with E-state index in [9.17, 15) is 19.8 Å². The van der Waals surface area contributed by atoms with Crippen LogP contribution >= 0.6 is 0 Å². The van der Waals surface area contributed by atoms with E-state index >= 15 is 0 Å². The van der Waals surface area contributed by atoms with E-state index in [0.29, 0.717) is 10.8 Å². The minimum Gasteiger partial charge on any atom is -0.507 e. The Labute approximate surface area is 122 Å². The van der Waals surface area contributed by atoms with Crippen LogP contribution in [0.2, 0.25) is 0 Å². The van der Waals surface area contributed by atoms with Crippen molar-refractivity contribution in [1.82, 2.24) is 0 Å². The third-order valence-electron chi connectivity index (χ3n) is 4.48. The number of Topliss-reactive ketones (excluding diaryl/α,β-unsaturated/α-hetero) is 2. The fraction of sp³-hybridized carbons (Fsp3) is 0.294. The predicted molar refractivity (Wildman–Crippen MR) is 79.0 cm³/mol. The summed E-state index contributed by atoms with van der Waals surface area (Å²) in [4.78, 5) is 24.9. The number of aromatic hydroxyl groups is 2. The summed E-state index contributed by atoms with van der Waals surface area (Å²) < 4.78 is 0. The number of hydrogen-bond donors (Lipinski definition) is 2. The Bertz CT molecular complexity index is 804. The van der Waals surface area contributed by atoms with Crippen molar-refractivity contribution >= 4 is 22.3 Å². The molecule has 1 aliphatic carbocycles. The lowest BCUT2D eigenvalue weighted by molar-refractivity contribution is 0.0758. The van der Waals surface area contributed by atoms with Gasteiger partial charge in [-0.25, -0.2) is 0 Å². The minimum absolute atomic E-state index is 0.0406. The number of aryl methyl sites for hydroxylation is 1. The van der Waals surface area contributed by atoms with Crippen molar-refractivity contribution in [3.63, 3.8) is 0 Å². The molecule has 2 unspecified atom stereocenters. The Morgan fingerprint density at radius 2 is 1.33 bits per heavy atom. The summed E-state index contributed by atoms with van der Waals surface area (Å²) in [6.07, 6.45) is 0. The number of phenols is 2. The van der Waals surface area contributed by atoms with Gasteiger partial charge >= 0.3 is 0 Å². The molecule has 4 nitrogen and oxygen atoms in total. The van der Waals surface area contributed by atoms with E-state index in [2.05, 4.69) is 0 Å². The second kappa shape index (κ2) is 4.32. The monoisotopic (exact) mass is 284 g/mol. The van der Waals surface area contributed by atoms with Gasteiger partial charge in [0.1, 0.15) is 11.5 Å². The molecular formula is C17H16O4. The van der Waals surface area contributed by atoms with Gasteiger partial charge < -0.3 is 10.2 Å². The van der Waals surface area contributed by atoms with Gasteiger partial charge in [-0.2, -0.15) is 0 Å². The average molecular weight is 284 g/mol. The van der Waals surface area contributed by atoms with Crippen LogP contribution in [-0.4, -0.2) is 21.8 Å². The van der Waals surface area contributed by atoms with Crippen LogP contribution < -0.4 is 0 Å². The van der Waals surface area contributed by atoms with Crippen molar-refractivity contribution in [3.8, 4) is 11.5 Å². The van der Waals surface area contributed by atoms with Crippen molar-refractivity contribution in [2.75, 3.05) is 0 Å². The molecule has 0 radical (unpaired) electrons. The molecule has 0 amide bonds. The molecule has 0 aliphatic heterocycles. The number of ketones is 2. The quantitative estimate of drug-likeness (QED) is 0.728. The highest BCUT2D eigenvalue weighted by Gasteiger charge is 2.40. The van der Waals surface area contributed by atoms with Crippen LogP contribution in [0.4, 0.5) is 0 Å². The number of phenolic OH excluding ortho intramolecular Hbond substituents is 2. The molecule has 0 heterocycles. The summed E-state index contributed by atoms with van der Waals surface area (Å²) in [5, 5.41) is 21.7. The van der Waals surface area contributed by atoms with Crippen molar-refractivity contribution in [2.45, 2.75) is 20.8 Å². The third kappa shape index (κ3) is 1.68. The first-order chi connectivity index (χ1) is 9.84. The zero-order valence-corrected chi connectivity index (χ0v) is 12.1. The molecule has 0 saturated heterocycles. The molecule has 2 aromatic carbocycles. The lowest BCUT2D eigenvalue weighted by atomic mass is 9.74. The van der Waals surface area contributed by atoms with Crippen molar-refractivity contribution in [2.24, 2.45) is 11.8 Å². The maximum atomic E-state index is 12.5. The van der Waals surface area contributed by atoms with E-state index in [1.807, 2.05) is 6.92 Å². The Morgan fingerprint density at radius 1 is 0.857 bits per heavy atom. The molecule has 1 aliphatic rings. The number of carbonyl (C=O) groups is 2. The molecule has 0 aromatic heterocycles. The average Bonchev–Trinajstić information content (AvgIpc) is 2.46. The Morgan fingerprint density at radius 3 is 1.86 bits per heavy atom. The summed E-state index contributed by atoms with van der Waals surface area (Å²) in [5.41, 5.74) is 0.814. The normalized spacial score (nSPS) is 21.7. The first kappa shape index (κ1) is 13.6. The fourth-order valence-electron chi connectivity index (χ4n) is 2.96. The second-order valence-corrected chi connectivity index (χ2v) is 5.80. The van der Waals surface area contributed by atoms with Crippen LogP contribution in [0.3, 0.4) is 0 Å². The van der Waals surface area contributed by atoms with Gasteiger partial charge in [-0.1, -0.05) is 31.5 Å². The molecule has 108 valence electrons. The second-order valence-electron chi connectivity index (χ2n) is 5.80. The SMILES string of the molecule is Cc1ccc2c(O)c3c(c(O)c2c1)C(=O)C(C)C(C)C3=O. The highest BCUT2D eigenvalue weighted by atomic mass is 16.3. The van der Waals surface area contributed by atoms with Gasteiger partial charge in [0.25, 0.3) is 0 Å². The summed E-state index contributed by atoms with van der Waals surface area (Å²) in [6.45, 7) is 5.20. The largest absolute Gasteiger partial charge is 0.507 e. The minimum atomic E-state index is -0.502. The van der Waals surface area contributed by atoms with E-state index < -0.39 is 11.8 Å². The van der Waals surface area contributed by atoms with Gasteiger partial charge in [-0.05, 0) is 13.0 Å². The van der Waals surface area contributed by atoms with Gasteiger partial charge in [-0.15, -0.1) is 0 Å². The predicted octanol–water partition coefficient (Wildman–Crippen LogP) is 3.21. The highest BCUT2D eigenvalue weighted by Crippen LogP contribution is 2.45. The van der Waals surface area contributed by atoms with E-state index in [-0.39, 0.29) is 34.2 Å². The van der Waals surface area contributed by atoms with E-state index in [1.54, 1.807) is 32.0 Å².